The van der Waals surface area contributed by atoms with Gasteiger partial charge in [0.2, 0.25) is 11.0 Å². The van der Waals surface area contributed by atoms with E-state index in [1.54, 1.807) is 24.1 Å². The number of fused-ring (bicyclic) bond motifs is 1. The molecule has 0 saturated heterocycles. The van der Waals surface area contributed by atoms with Crippen LogP contribution in [0.15, 0.2) is 23.1 Å². The number of anilines is 2. The van der Waals surface area contributed by atoms with E-state index in [4.69, 9.17) is 0 Å². The second-order valence-corrected chi connectivity index (χ2v) is 9.79. The summed E-state index contributed by atoms with van der Waals surface area (Å²) < 4.78 is 28.0. The van der Waals surface area contributed by atoms with Gasteiger partial charge in [0, 0.05) is 31.0 Å². The van der Waals surface area contributed by atoms with Crippen LogP contribution in [0.25, 0.3) is 0 Å². The second-order valence-electron chi connectivity index (χ2n) is 7.05. The number of hydrogen-bond acceptors (Lipinski definition) is 6. The van der Waals surface area contributed by atoms with Gasteiger partial charge in [-0.05, 0) is 30.2 Å². The molecule has 1 N–H and O–H groups in total. The number of benzene rings is 1. The number of aryl methyl sites for hydroxylation is 1. The number of nitrogens with one attached hydrogen (secondary N) is 1. The number of hydrogen-bond donors (Lipinski definition) is 1. The predicted molar refractivity (Wildman–Crippen MR) is 102 cm³/mol. The van der Waals surface area contributed by atoms with Gasteiger partial charge in [-0.2, -0.15) is 0 Å². The van der Waals surface area contributed by atoms with Crippen molar-refractivity contribution in [1.82, 2.24) is 10.2 Å². The van der Waals surface area contributed by atoms with Crippen molar-refractivity contribution >= 4 is 38.1 Å². The fourth-order valence-electron chi connectivity index (χ4n) is 3.03. The van der Waals surface area contributed by atoms with Crippen LogP contribution < -0.4 is 9.62 Å². The normalized spacial score (nSPS) is 16.5. The van der Waals surface area contributed by atoms with Crippen molar-refractivity contribution in [2.24, 2.45) is 0 Å². The van der Waals surface area contributed by atoms with Gasteiger partial charge < -0.3 is 4.90 Å². The van der Waals surface area contributed by atoms with Gasteiger partial charge in [0.15, 0.2) is 0 Å². The van der Waals surface area contributed by atoms with Crippen molar-refractivity contribution in [3.05, 3.63) is 28.8 Å². The van der Waals surface area contributed by atoms with Crippen LogP contribution in [-0.2, 0) is 26.7 Å². The minimum atomic E-state index is -3.78. The first-order chi connectivity index (χ1) is 12.1. The van der Waals surface area contributed by atoms with Gasteiger partial charge in [-0.3, -0.25) is 9.52 Å². The second kappa shape index (κ2) is 6.62. The summed E-state index contributed by atoms with van der Waals surface area (Å²) in [5.74, 6) is 0.0218. The van der Waals surface area contributed by atoms with Crippen LogP contribution in [0.2, 0.25) is 0 Å². The zero-order valence-corrected chi connectivity index (χ0v) is 16.9. The van der Waals surface area contributed by atoms with Gasteiger partial charge in [0.05, 0.1) is 4.90 Å². The molecule has 0 aliphatic carbocycles. The molecule has 0 unspecified atom stereocenters. The summed E-state index contributed by atoms with van der Waals surface area (Å²) in [5, 5.41) is 8.97. The maximum Gasteiger partial charge on any atom is 0.263 e. The number of carbonyl (C=O) groups excluding carboxylic acids is 1. The minimum absolute atomic E-state index is 0.0218. The molecule has 1 aliphatic rings. The highest BCUT2D eigenvalue weighted by molar-refractivity contribution is 7.93. The summed E-state index contributed by atoms with van der Waals surface area (Å²) >= 11 is 1.24. The fraction of sp³-hybridized carbons (Fsp3) is 0.471. The number of sulfonamides is 1. The molecule has 140 valence electrons. The molecule has 9 heteroatoms. The van der Waals surface area contributed by atoms with Gasteiger partial charge in [0.1, 0.15) is 5.01 Å². The number of nitrogens with zero attached hydrogens (tertiary/aromatic N) is 3. The quantitative estimate of drug-likeness (QED) is 0.842. The fourth-order valence-corrected chi connectivity index (χ4v) is 5.12. The van der Waals surface area contributed by atoms with E-state index >= 15 is 0 Å². The predicted octanol–water partition coefficient (Wildman–Crippen LogP) is 2.94. The van der Waals surface area contributed by atoms with E-state index in [0.29, 0.717) is 6.42 Å². The third-order valence-corrected chi connectivity index (χ3v) is 6.85. The van der Waals surface area contributed by atoms with Gasteiger partial charge in [0.25, 0.3) is 10.0 Å². The molecule has 26 heavy (non-hydrogen) atoms. The van der Waals surface area contributed by atoms with Crippen LogP contribution >= 0.6 is 11.3 Å². The van der Waals surface area contributed by atoms with Crippen LogP contribution in [0.3, 0.4) is 0 Å². The summed E-state index contributed by atoms with van der Waals surface area (Å²) in [4.78, 5) is 13.9. The van der Waals surface area contributed by atoms with Crippen LogP contribution in [-0.4, -0.2) is 31.6 Å². The van der Waals surface area contributed by atoms with E-state index in [0.717, 1.165) is 29.1 Å². The van der Waals surface area contributed by atoms with Crippen molar-refractivity contribution in [1.29, 1.82) is 0 Å². The molecular formula is C17H22N4O3S2. The molecule has 0 bridgehead atoms. The maximum absolute atomic E-state index is 12.8. The van der Waals surface area contributed by atoms with Crippen LogP contribution in [0, 0.1) is 0 Å². The van der Waals surface area contributed by atoms with Gasteiger partial charge in [-0.1, -0.05) is 32.1 Å². The Morgan fingerprint density at radius 3 is 2.73 bits per heavy atom. The molecule has 1 amide bonds. The van der Waals surface area contributed by atoms with Gasteiger partial charge >= 0.3 is 0 Å². The molecule has 0 radical (unpaired) electrons. The van der Waals surface area contributed by atoms with E-state index in [1.807, 2.05) is 20.8 Å². The Morgan fingerprint density at radius 1 is 1.31 bits per heavy atom. The third-order valence-electron chi connectivity index (χ3n) is 4.49. The summed E-state index contributed by atoms with van der Waals surface area (Å²) in [6, 6.07) is 4.85. The summed E-state index contributed by atoms with van der Waals surface area (Å²) in [5.41, 5.74) is 1.15. The number of rotatable bonds is 5. The minimum Gasteiger partial charge on any atom is -0.315 e. The summed E-state index contributed by atoms with van der Waals surface area (Å²) in [7, 11) is -2.07. The summed E-state index contributed by atoms with van der Waals surface area (Å²) in [6.45, 7) is 5.92. The molecule has 1 aliphatic heterocycles. The standard InChI is InChI=1S/C17H22N4O3S2/c1-5-6-14-18-19-16(25-14)20-26(23,24)11-7-8-13-12(9-11)17(2,3)10-15(22)21(13)4/h7-9H,5-6,10H2,1-4H3,(H,19,20). The lowest BCUT2D eigenvalue weighted by Gasteiger charge is -2.37. The highest BCUT2D eigenvalue weighted by atomic mass is 32.2. The Balaban J connectivity index is 1.95. The molecule has 0 atom stereocenters. The molecular weight excluding hydrogens is 372 g/mol. The lowest BCUT2D eigenvalue weighted by atomic mass is 9.77. The molecule has 3 rings (SSSR count). The zero-order valence-electron chi connectivity index (χ0n) is 15.2. The molecule has 2 heterocycles. The molecule has 2 aromatic rings. The SMILES string of the molecule is CCCc1nnc(NS(=O)(=O)c2ccc3c(c2)C(C)(C)CC(=O)N3C)s1. The smallest absolute Gasteiger partial charge is 0.263 e. The van der Waals surface area contributed by atoms with Crippen molar-refractivity contribution in [2.45, 2.75) is 50.3 Å². The zero-order chi connectivity index (χ0) is 19.1. The first-order valence-electron chi connectivity index (χ1n) is 8.40. The largest absolute Gasteiger partial charge is 0.315 e. The van der Waals surface area contributed by atoms with Gasteiger partial charge in [-0.15, -0.1) is 10.2 Å². The van der Waals surface area contributed by atoms with Gasteiger partial charge in [-0.25, -0.2) is 8.42 Å². The number of aromatic nitrogens is 2. The van der Waals surface area contributed by atoms with E-state index in [9.17, 15) is 13.2 Å². The first-order valence-corrected chi connectivity index (χ1v) is 10.7. The highest BCUT2D eigenvalue weighted by Crippen LogP contribution is 2.40. The Bertz CT molecular complexity index is 951. The lowest BCUT2D eigenvalue weighted by Crippen LogP contribution is -2.39. The number of carbonyl (C=O) groups is 1. The Labute approximate surface area is 157 Å². The van der Waals surface area contributed by atoms with Crippen molar-refractivity contribution < 1.29 is 13.2 Å². The van der Waals surface area contributed by atoms with Crippen LogP contribution in [0.1, 0.15) is 44.2 Å². The molecule has 0 saturated carbocycles. The van der Waals surface area contributed by atoms with Crippen molar-refractivity contribution in [2.75, 3.05) is 16.7 Å². The first kappa shape index (κ1) is 18.8. The van der Waals surface area contributed by atoms with Crippen LogP contribution in [0.5, 0.6) is 0 Å². The van der Waals surface area contributed by atoms with E-state index in [-0.39, 0.29) is 15.9 Å². The topological polar surface area (TPSA) is 92.3 Å². The number of amides is 1. The maximum atomic E-state index is 12.8. The van der Waals surface area contributed by atoms with Crippen molar-refractivity contribution in [3.8, 4) is 0 Å². The molecule has 1 aromatic heterocycles. The van der Waals surface area contributed by atoms with Crippen LogP contribution in [0.4, 0.5) is 10.8 Å². The van der Waals surface area contributed by atoms with E-state index < -0.39 is 15.4 Å². The Kier molecular flexibility index (Phi) is 4.78. The summed E-state index contributed by atoms with van der Waals surface area (Å²) in [6.07, 6.45) is 2.03. The molecule has 1 aromatic carbocycles. The van der Waals surface area contributed by atoms with Crippen molar-refractivity contribution in [3.63, 3.8) is 0 Å². The highest BCUT2D eigenvalue weighted by Gasteiger charge is 2.36. The Morgan fingerprint density at radius 2 is 2.04 bits per heavy atom. The molecule has 7 nitrogen and oxygen atoms in total. The average molecular weight is 395 g/mol. The Hall–Kier alpha value is -2.00. The third kappa shape index (κ3) is 3.45. The van der Waals surface area contributed by atoms with E-state index in [2.05, 4.69) is 14.9 Å². The lowest BCUT2D eigenvalue weighted by molar-refractivity contribution is -0.119. The molecule has 0 fully saturated rings. The van der Waals surface area contributed by atoms with E-state index in [1.165, 1.54) is 17.4 Å². The average Bonchev–Trinajstić information content (AvgIpc) is 2.99. The molecule has 0 spiro atoms. The monoisotopic (exact) mass is 394 g/mol.